The number of methoxy groups -OCH3 is 1. The molecule has 0 saturated heterocycles. The Morgan fingerprint density at radius 2 is 1.62 bits per heavy atom. The lowest BCUT2D eigenvalue weighted by atomic mass is 9.76. The van der Waals surface area contributed by atoms with E-state index in [1.165, 1.54) is 18.3 Å². The second kappa shape index (κ2) is 9.97. The summed E-state index contributed by atoms with van der Waals surface area (Å²) < 4.78 is 4.92. The van der Waals surface area contributed by atoms with Crippen molar-refractivity contribution < 1.29 is 44.0 Å². The van der Waals surface area contributed by atoms with E-state index in [1.54, 1.807) is 30.3 Å². The van der Waals surface area contributed by atoms with Gasteiger partial charge in [-0.3, -0.25) is 24.0 Å². The third kappa shape index (κ3) is 3.81. The highest BCUT2D eigenvalue weighted by Gasteiger charge is 2.61. The smallest absolute Gasteiger partial charge is 0.340 e. The van der Waals surface area contributed by atoms with Crippen LogP contribution < -0.4 is 16.3 Å². The Kier molecular flexibility index (Phi) is 6.18. The lowest BCUT2D eigenvalue weighted by Gasteiger charge is -2.22. The van der Waals surface area contributed by atoms with E-state index in [1.807, 2.05) is 0 Å². The first-order chi connectivity index (χ1) is 22.4. The number of hydrazone groups is 1. The van der Waals surface area contributed by atoms with Gasteiger partial charge >= 0.3 is 6.03 Å². The molecule has 7 rings (SSSR count). The van der Waals surface area contributed by atoms with Gasteiger partial charge in [-0.1, -0.05) is 24.3 Å². The minimum Gasteiger partial charge on any atom is -0.507 e. The number of allylic oxidation sites excluding steroid dienone is 2. The number of carbonyl (C=O) groups is 5. The molecule has 1 heterocycles. The van der Waals surface area contributed by atoms with E-state index < -0.39 is 85.4 Å². The highest BCUT2D eigenvalue weighted by atomic mass is 16.5. The Labute approximate surface area is 263 Å². The maximum Gasteiger partial charge on any atom is 0.340 e. The summed E-state index contributed by atoms with van der Waals surface area (Å²) >= 11 is 0. The molecular weight excluding hydrogens is 612 g/mol. The van der Waals surface area contributed by atoms with E-state index in [0.717, 1.165) is 18.2 Å². The van der Waals surface area contributed by atoms with Crippen LogP contribution >= 0.6 is 0 Å². The molecular formula is C33H22N4O10. The van der Waals surface area contributed by atoms with Gasteiger partial charge in [0, 0.05) is 11.6 Å². The molecule has 0 aliphatic heterocycles. The van der Waals surface area contributed by atoms with Gasteiger partial charge in [0.1, 0.15) is 22.7 Å². The van der Waals surface area contributed by atoms with Crippen LogP contribution in [-0.4, -0.2) is 62.8 Å². The first kappa shape index (κ1) is 29.2. The molecule has 0 saturated carbocycles. The van der Waals surface area contributed by atoms with E-state index in [4.69, 9.17) is 10.5 Å². The minimum absolute atomic E-state index is 0.0679. The molecule has 1 aromatic heterocycles. The Hall–Kier alpha value is -6.57. The molecule has 1 atom stereocenters. The van der Waals surface area contributed by atoms with Crippen molar-refractivity contribution in [3.8, 4) is 17.2 Å². The van der Waals surface area contributed by atoms with Gasteiger partial charge in [0.05, 0.1) is 52.3 Å². The number of phenolic OH excluding ortho intramolecular Hbond substituents is 3. The van der Waals surface area contributed by atoms with Gasteiger partial charge in [0.2, 0.25) is 5.78 Å². The van der Waals surface area contributed by atoms with Crippen molar-refractivity contribution in [2.24, 2.45) is 10.8 Å². The van der Waals surface area contributed by atoms with E-state index in [9.17, 15) is 44.1 Å². The van der Waals surface area contributed by atoms with Crippen LogP contribution in [0.2, 0.25) is 0 Å². The van der Waals surface area contributed by atoms with Crippen molar-refractivity contribution in [2.75, 3.05) is 12.1 Å². The highest BCUT2D eigenvalue weighted by molar-refractivity contribution is 6.38. The fourth-order valence-corrected chi connectivity index (χ4v) is 6.77. The Morgan fingerprint density at radius 3 is 2.26 bits per heavy atom. The van der Waals surface area contributed by atoms with Crippen molar-refractivity contribution in [3.05, 3.63) is 104 Å². The predicted octanol–water partition coefficient (Wildman–Crippen LogP) is 2.74. The number of amides is 2. The minimum atomic E-state index is -2.16. The van der Waals surface area contributed by atoms with E-state index in [0.29, 0.717) is 11.3 Å². The van der Waals surface area contributed by atoms with Crippen molar-refractivity contribution in [3.63, 3.8) is 0 Å². The number of aryl methyl sites for hydroxylation is 1. The summed E-state index contributed by atoms with van der Waals surface area (Å²) in [6.07, 6.45) is 1.85. The molecule has 0 fully saturated rings. The van der Waals surface area contributed by atoms with Gasteiger partial charge in [0.25, 0.3) is 5.56 Å². The second-order valence-corrected chi connectivity index (χ2v) is 11.2. The number of Topliss-reactive ketones (excluding diaryl/α,β-unsaturated/α-hetero) is 3. The number of para-hydroxylation sites is 1. The molecule has 0 radical (unpaired) electrons. The molecule has 6 N–H and O–H groups in total. The standard InChI is InChI=1S/C33H22N4O10/c1-47-18-11-17(38)20-21(25(18)39)27(41)23-22(26(20)40)29(43)33(30(23)44)8-7-13-9-14-10-15(36-31(45)19(14)28(42)24(13)33)12-35-37(32(34)46)16-5-3-2-4-6-16/h2-6,9-12,40-42H,7-8H2,1H3,(H2,34,46)(H,36,45)/b35-12+. The molecule has 3 aliphatic rings. The molecule has 3 aliphatic carbocycles. The van der Waals surface area contributed by atoms with Crippen LogP contribution in [0.25, 0.3) is 10.8 Å². The van der Waals surface area contributed by atoms with Crippen molar-refractivity contribution in [1.29, 1.82) is 0 Å². The number of aromatic amines is 1. The average molecular weight is 635 g/mol. The number of hydrogen-bond donors (Lipinski definition) is 5. The highest BCUT2D eigenvalue weighted by Crippen LogP contribution is 2.57. The van der Waals surface area contributed by atoms with E-state index in [-0.39, 0.29) is 34.9 Å². The van der Waals surface area contributed by atoms with Gasteiger partial charge in [0.15, 0.2) is 23.1 Å². The monoisotopic (exact) mass is 634 g/mol. The fraction of sp³-hybridized carbons (Fsp3) is 0.121. The number of ketones is 4. The molecule has 1 unspecified atom stereocenters. The number of anilines is 1. The molecule has 47 heavy (non-hydrogen) atoms. The number of rotatable bonds is 4. The zero-order chi connectivity index (χ0) is 33.5. The number of nitrogens with one attached hydrogen (secondary N) is 1. The molecule has 3 aromatic carbocycles. The molecule has 234 valence electrons. The topological polar surface area (TPSA) is 230 Å². The SMILES string of the molecule is COC1=CC(=O)c2c(O)c3c(c(O)c2C1=O)C(=O)C1(CCc2cc4cc(/C=N/N(C(N)=O)c5ccccc5)[nH]c(=O)c4c(O)c21)C3=O. The first-order valence-corrected chi connectivity index (χ1v) is 14.1. The lowest BCUT2D eigenvalue weighted by molar-refractivity contribution is 0.0790. The summed E-state index contributed by atoms with van der Waals surface area (Å²) in [7, 11) is 1.12. The number of primary amides is 1. The quantitative estimate of drug-likeness (QED) is 0.0953. The number of ether oxygens (including phenoxy) is 1. The van der Waals surface area contributed by atoms with E-state index in [2.05, 4.69) is 10.1 Å². The second-order valence-electron chi connectivity index (χ2n) is 11.2. The van der Waals surface area contributed by atoms with Crippen molar-refractivity contribution in [2.45, 2.75) is 18.3 Å². The lowest BCUT2D eigenvalue weighted by Crippen LogP contribution is -2.36. The fourth-order valence-electron chi connectivity index (χ4n) is 6.77. The van der Waals surface area contributed by atoms with Crippen LogP contribution in [0.1, 0.15) is 64.7 Å². The third-order valence-electron chi connectivity index (χ3n) is 8.78. The van der Waals surface area contributed by atoms with Crippen molar-refractivity contribution >= 4 is 51.8 Å². The Morgan fingerprint density at radius 1 is 0.957 bits per heavy atom. The number of phenols is 3. The number of H-pyrrole nitrogens is 1. The number of aromatic hydroxyl groups is 3. The molecule has 14 nitrogen and oxygen atoms in total. The van der Waals surface area contributed by atoms with Gasteiger partial charge in [-0.2, -0.15) is 10.1 Å². The number of hydrogen-bond acceptors (Lipinski definition) is 11. The third-order valence-corrected chi connectivity index (χ3v) is 8.78. The summed E-state index contributed by atoms with van der Waals surface area (Å²) in [5.41, 5.74) is 0.472. The number of nitrogens with zero attached hydrogens (tertiary/aromatic N) is 2. The van der Waals surface area contributed by atoms with Crippen LogP contribution in [-0.2, 0) is 16.6 Å². The van der Waals surface area contributed by atoms with Gasteiger partial charge in [-0.05, 0) is 42.0 Å². The molecule has 0 bridgehead atoms. The normalized spacial score (nSPS) is 18.1. The van der Waals surface area contributed by atoms with Crippen LogP contribution in [0.4, 0.5) is 10.5 Å². The van der Waals surface area contributed by atoms with Crippen LogP contribution in [0.15, 0.2) is 64.2 Å². The summed E-state index contributed by atoms with van der Waals surface area (Å²) in [4.78, 5) is 82.0. The summed E-state index contributed by atoms with van der Waals surface area (Å²) in [5, 5.41) is 38.8. The maximum atomic E-state index is 14.1. The maximum absolute atomic E-state index is 14.1. The van der Waals surface area contributed by atoms with Crippen LogP contribution in [0, 0.1) is 0 Å². The average Bonchev–Trinajstić information content (AvgIpc) is 3.53. The first-order valence-electron chi connectivity index (χ1n) is 14.1. The zero-order valence-corrected chi connectivity index (χ0v) is 24.3. The van der Waals surface area contributed by atoms with Crippen LogP contribution in [0.3, 0.4) is 0 Å². The molecule has 1 spiro atoms. The van der Waals surface area contributed by atoms with Gasteiger partial charge in [-0.15, -0.1) is 0 Å². The zero-order valence-electron chi connectivity index (χ0n) is 24.3. The molecule has 14 heteroatoms. The predicted molar refractivity (Wildman–Crippen MR) is 165 cm³/mol. The molecule has 2 amide bonds. The number of urea groups is 1. The summed E-state index contributed by atoms with van der Waals surface area (Å²) in [6.45, 7) is 0. The largest absolute Gasteiger partial charge is 0.507 e. The van der Waals surface area contributed by atoms with E-state index >= 15 is 0 Å². The Bertz CT molecular complexity index is 2300. The summed E-state index contributed by atoms with van der Waals surface area (Å²) in [5.74, 6) is -6.96. The van der Waals surface area contributed by atoms with Crippen LogP contribution in [0.5, 0.6) is 17.2 Å². The molecule has 4 aromatic rings. The summed E-state index contributed by atoms with van der Waals surface area (Å²) in [6, 6.07) is 10.4. The number of fused-ring (bicyclic) bond motifs is 5. The number of aromatic nitrogens is 1. The Balaban J connectivity index is 1.36. The van der Waals surface area contributed by atoms with Gasteiger partial charge in [-0.25, -0.2) is 4.79 Å². The number of pyridine rings is 1. The number of benzene rings is 3. The van der Waals surface area contributed by atoms with Gasteiger partial charge < -0.3 is 30.8 Å². The number of nitrogens with two attached hydrogens (primary N) is 1. The number of carbonyl (C=O) groups excluding carboxylic acids is 5. The van der Waals surface area contributed by atoms with Crippen molar-refractivity contribution in [1.82, 2.24) is 4.98 Å².